The van der Waals surface area contributed by atoms with Gasteiger partial charge in [-0.3, -0.25) is 0 Å². The summed E-state index contributed by atoms with van der Waals surface area (Å²) in [5.41, 5.74) is 1.21. The highest BCUT2D eigenvalue weighted by atomic mass is 16.5. The molecule has 0 atom stereocenters. The Kier molecular flexibility index (Phi) is 3.67. The second kappa shape index (κ2) is 5.77. The van der Waals surface area contributed by atoms with Crippen molar-refractivity contribution in [3.8, 4) is 5.75 Å². The van der Waals surface area contributed by atoms with Gasteiger partial charge in [0.25, 0.3) is 0 Å². The standard InChI is InChI=1S/C15H18N4O/c1-20-14-4-2-3-13(11-14)18-7-9-19(10-8-18)15-5-6-16-12-17-15/h2-6,11-12H,7-10H2,1H3. The third-order valence-corrected chi connectivity index (χ3v) is 3.59. The smallest absolute Gasteiger partial charge is 0.132 e. The van der Waals surface area contributed by atoms with Crippen molar-refractivity contribution in [1.82, 2.24) is 9.97 Å². The Bertz CT molecular complexity index is 553. The van der Waals surface area contributed by atoms with Crippen LogP contribution in [0.15, 0.2) is 42.9 Å². The van der Waals surface area contributed by atoms with E-state index in [2.05, 4.69) is 31.9 Å². The molecule has 1 aliphatic rings. The van der Waals surface area contributed by atoms with Gasteiger partial charge in [-0.2, -0.15) is 0 Å². The van der Waals surface area contributed by atoms with Crippen LogP contribution in [0, 0.1) is 0 Å². The van der Waals surface area contributed by atoms with Crippen molar-refractivity contribution in [1.29, 1.82) is 0 Å². The topological polar surface area (TPSA) is 41.5 Å². The van der Waals surface area contributed by atoms with E-state index in [0.29, 0.717) is 0 Å². The monoisotopic (exact) mass is 270 g/mol. The summed E-state index contributed by atoms with van der Waals surface area (Å²) in [5.74, 6) is 1.91. The van der Waals surface area contributed by atoms with E-state index in [9.17, 15) is 0 Å². The van der Waals surface area contributed by atoms with Crippen LogP contribution in [0.25, 0.3) is 0 Å². The third kappa shape index (κ3) is 2.66. The molecular formula is C15H18N4O. The lowest BCUT2D eigenvalue weighted by atomic mass is 10.2. The molecule has 0 radical (unpaired) electrons. The summed E-state index contributed by atoms with van der Waals surface area (Å²) in [5, 5.41) is 0. The third-order valence-electron chi connectivity index (χ3n) is 3.59. The SMILES string of the molecule is COc1cccc(N2CCN(c3ccncn3)CC2)c1. The van der Waals surface area contributed by atoms with Gasteiger partial charge in [-0.05, 0) is 18.2 Å². The van der Waals surface area contributed by atoms with Gasteiger partial charge in [0.05, 0.1) is 7.11 Å². The Balaban J connectivity index is 1.66. The molecule has 20 heavy (non-hydrogen) atoms. The zero-order valence-electron chi connectivity index (χ0n) is 11.6. The van der Waals surface area contributed by atoms with Crippen LogP contribution < -0.4 is 14.5 Å². The van der Waals surface area contributed by atoms with Gasteiger partial charge in [0.15, 0.2) is 0 Å². The summed E-state index contributed by atoms with van der Waals surface area (Å²) in [6, 6.07) is 10.2. The normalized spacial score (nSPS) is 15.2. The van der Waals surface area contributed by atoms with Crippen molar-refractivity contribution < 1.29 is 4.74 Å². The van der Waals surface area contributed by atoms with Crippen LogP contribution in [0.5, 0.6) is 5.75 Å². The number of anilines is 2. The highest BCUT2D eigenvalue weighted by Crippen LogP contribution is 2.23. The summed E-state index contributed by atoms with van der Waals surface area (Å²) >= 11 is 0. The average Bonchev–Trinajstić information content (AvgIpc) is 2.56. The lowest BCUT2D eigenvalue weighted by molar-refractivity contribution is 0.414. The van der Waals surface area contributed by atoms with Gasteiger partial charge in [-0.25, -0.2) is 9.97 Å². The van der Waals surface area contributed by atoms with Crippen LogP contribution >= 0.6 is 0 Å². The first-order valence-corrected chi connectivity index (χ1v) is 6.77. The fourth-order valence-corrected chi connectivity index (χ4v) is 2.47. The van der Waals surface area contributed by atoms with E-state index < -0.39 is 0 Å². The number of piperazine rings is 1. The summed E-state index contributed by atoms with van der Waals surface area (Å²) in [7, 11) is 1.70. The van der Waals surface area contributed by atoms with Crippen molar-refractivity contribution in [2.24, 2.45) is 0 Å². The zero-order chi connectivity index (χ0) is 13.8. The molecule has 1 aromatic carbocycles. The molecule has 5 nitrogen and oxygen atoms in total. The minimum absolute atomic E-state index is 0.903. The molecule has 1 aliphatic heterocycles. The maximum absolute atomic E-state index is 5.28. The predicted octanol–water partition coefficient (Wildman–Crippen LogP) is 1.81. The van der Waals surface area contributed by atoms with E-state index in [1.807, 2.05) is 18.2 Å². The zero-order valence-corrected chi connectivity index (χ0v) is 11.6. The molecule has 0 amide bonds. The summed E-state index contributed by atoms with van der Waals surface area (Å²) < 4.78 is 5.28. The molecule has 0 aliphatic carbocycles. The minimum atomic E-state index is 0.903. The molecule has 5 heteroatoms. The Morgan fingerprint density at radius 3 is 2.55 bits per heavy atom. The number of nitrogens with zero attached hydrogens (tertiary/aromatic N) is 4. The van der Waals surface area contributed by atoms with Crippen molar-refractivity contribution in [3.05, 3.63) is 42.9 Å². The van der Waals surface area contributed by atoms with Gasteiger partial charge in [-0.1, -0.05) is 6.07 Å². The van der Waals surface area contributed by atoms with Gasteiger partial charge in [0, 0.05) is 44.1 Å². The van der Waals surface area contributed by atoms with E-state index in [0.717, 1.165) is 37.7 Å². The Morgan fingerprint density at radius 1 is 1.05 bits per heavy atom. The quantitative estimate of drug-likeness (QED) is 0.851. The molecule has 1 saturated heterocycles. The molecule has 0 bridgehead atoms. The Morgan fingerprint density at radius 2 is 1.85 bits per heavy atom. The first-order valence-electron chi connectivity index (χ1n) is 6.77. The highest BCUT2D eigenvalue weighted by molar-refractivity contribution is 5.52. The Hall–Kier alpha value is -2.30. The number of methoxy groups -OCH3 is 1. The molecule has 2 aromatic rings. The van der Waals surface area contributed by atoms with Crippen LogP contribution in [0.1, 0.15) is 0 Å². The van der Waals surface area contributed by atoms with Crippen molar-refractivity contribution in [2.45, 2.75) is 0 Å². The number of hydrogen-bond donors (Lipinski definition) is 0. The fraction of sp³-hybridized carbons (Fsp3) is 0.333. The molecule has 1 aromatic heterocycles. The first kappa shape index (κ1) is 12.7. The molecule has 1 fully saturated rings. The second-order valence-electron chi connectivity index (χ2n) is 4.74. The molecule has 0 unspecified atom stereocenters. The number of hydrogen-bond acceptors (Lipinski definition) is 5. The maximum atomic E-state index is 5.28. The highest BCUT2D eigenvalue weighted by Gasteiger charge is 2.18. The van der Waals surface area contributed by atoms with E-state index in [4.69, 9.17) is 4.74 Å². The number of ether oxygens (including phenoxy) is 1. The number of benzene rings is 1. The number of rotatable bonds is 3. The van der Waals surface area contributed by atoms with Gasteiger partial charge >= 0.3 is 0 Å². The summed E-state index contributed by atoms with van der Waals surface area (Å²) in [4.78, 5) is 12.9. The lowest BCUT2D eigenvalue weighted by Crippen LogP contribution is -2.46. The maximum Gasteiger partial charge on any atom is 0.132 e. The fourth-order valence-electron chi connectivity index (χ4n) is 2.47. The van der Waals surface area contributed by atoms with Crippen LogP contribution in [0.2, 0.25) is 0 Å². The molecular weight excluding hydrogens is 252 g/mol. The second-order valence-corrected chi connectivity index (χ2v) is 4.74. The molecule has 3 rings (SSSR count). The molecule has 0 N–H and O–H groups in total. The Labute approximate surface area is 118 Å². The van der Waals surface area contributed by atoms with Crippen molar-refractivity contribution in [3.63, 3.8) is 0 Å². The molecule has 0 spiro atoms. The lowest BCUT2D eigenvalue weighted by Gasteiger charge is -2.36. The molecule has 0 saturated carbocycles. The van der Waals surface area contributed by atoms with Gasteiger partial charge in [0.1, 0.15) is 17.9 Å². The van der Waals surface area contributed by atoms with E-state index in [1.165, 1.54) is 5.69 Å². The number of aromatic nitrogens is 2. The van der Waals surface area contributed by atoms with Gasteiger partial charge in [-0.15, -0.1) is 0 Å². The summed E-state index contributed by atoms with van der Waals surface area (Å²) in [6.45, 7) is 3.90. The van der Waals surface area contributed by atoms with Crippen LogP contribution in [-0.2, 0) is 0 Å². The van der Waals surface area contributed by atoms with Crippen molar-refractivity contribution >= 4 is 11.5 Å². The van der Waals surface area contributed by atoms with Crippen LogP contribution in [-0.4, -0.2) is 43.3 Å². The van der Waals surface area contributed by atoms with Crippen LogP contribution in [0.4, 0.5) is 11.5 Å². The minimum Gasteiger partial charge on any atom is -0.497 e. The average molecular weight is 270 g/mol. The summed E-state index contributed by atoms with van der Waals surface area (Å²) in [6.07, 6.45) is 3.39. The molecule has 2 heterocycles. The van der Waals surface area contributed by atoms with Crippen LogP contribution in [0.3, 0.4) is 0 Å². The van der Waals surface area contributed by atoms with Gasteiger partial charge < -0.3 is 14.5 Å². The predicted molar refractivity (Wildman–Crippen MR) is 79.5 cm³/mol. The van der Waals surface area contributed by atoms with Gasteiger partial charge in [0.2, 0.25) is 0 Å². The van der Waals surface area contributed by atoms with E-state index >= 15 is 0 Å². The van der Waals surface area contributed by atoms with E-state index in [-0.39, 0.29) is 0 Å². The van der Waals surface area contributed by atoms with E-state index in [1.54, 1.807) is 19.6 Å². The largest absolute Gasteiger partial charge is 0.497 e. The molecule has 104 valence electrons. The first-order chi connectivity index (χ1) is 9.86. The van der Waals surface area contributed by atoms with Crippen molar-refractivity contribution in [2.75, 3.05) is 43.1 Å².